The molecule has 0 aromatic heterocycles. The van der Waals surface area contributed by atoms with Crippen LogP contribution in [0.25, 0.3) is 0 Å². The number of non-ortho nitro benzene ring substituents is 1. The normalized spacial score (nSPS) is 24.9. The number of nitrogens with one attached hydrogen (secondary N) is 1. The molecule has 6 nitrogen and oxygen atoms in total. The van der Waals surface area contributed by atoms with E-state index in [2.05, 4.69) is 11.4 Å². The molecule has 0 atom stereocenters. The Bertz CT molecular complexity index is 571. The summed E-state index contributed by atoms with van der Waals surface area (Å²) in [7, 11) is 0. The molecule has 1 saturated carbocycles. The van der Waals surface area contributed by atoms with Gasteiger partial charge in [-0.1, -0.05) is 13.0 Å². The van der Waals surface area contributed by atoms with Gasteiger partial charge in [0.05, 0.1) is 11.0 Å². The Morgan fingerprint density at radius 3 is 2.79 bits per heavy atom. The smallest absolute Gasteiger partial charge is 0.271 e. The van der Waals surface area contributed by atoms with Crippen molar-refractivity contribution in [2.45, 2.75) is 19.8 Å². The van der Waals surface area contributed by atoms with Crippen molar-refractivity contribution in [3.8, 4) is 6.07 Å². The maximum atomic E-state index is 12.1. The van der Waals surface area contributed by atoms with E-state index in [1.54, 1.807) is 6.07 Å². The molecular weight excluding hydrogens is 246 g/mol. The molecule has 0 heterocycles. The number of nitro groups is 1. The van der Waals surface area contributed by atoms with Crippen LogP contribution in [0.2, 0.25) is 0 Å². The fourth-order valence-corrected chi connectivity index (χ4v) is 2.41. The summed E-state index contributed by atoms with van der Waals surface area (Å²) in [4.78, 5) is 22.2. The van der Waals surface area contributed by atoms with Crippen LogP contribution < -0.4 is 5.32 Å². The summed E-state index contributed by atoms with van der Waals surface area (Å²) in [5.74, 6) is -0.0240. The zero-order valence-electron chi connectivity index (χ0n) is 10.4. The number of nitrogens with zero attached hydrogens (tertiary/aromatic N) is 2. The first-order chi connectivity index (χ1) is 8.97. The van der Waals surface area contributed by atoms with Crippen LogP contribution in [0.1, 0.15) is 19.8 Å². The Morgan fingerprint density at radius 1 is 1.58 bits per heavy atom. The van der Waals surface area contributed by atoms with E-state index < -0.39 is 10.3 Å². The average molecular weight is 259 g/mol. The fourth-order valence-electron chi connectivity index (χ4n) is 2.41. The first-order valence-electron chi connectivity index (χ1n) is 5.94. The predicted molar refractivity (Wildman–Crippen MR) is 68.2 cm³/mol. The van der Waals surface area contributed by atoms with E-state index in [9.17, 15) is 14.9 Å². The van der Waals surface area contributed by atoms with Gasteiger partial charge in [-0.25, -0.2) is 0 Å². The van der Waals surface area contributed by atoms with Gasteiger partial charge in [0.25, 0.3) is 5.69 Å². The third kappa shape index (κ3) is 2.40. The highest BCUT2D eigenvalue weighted by molar-refractivity contribution is 5.98. The predicted octanol–water partition coefficient (Wildman–Crippen LogP) is 2.47. The highest BCUT2D eigenvalue weighted by Gasteiger charge is 2.48. The molecule has 98 valence electrons. The van der Waals surface area contributed by atoms with E-state index in [1.807, 2.05) is 6.92 Å². The minimum absolute atomic E-state index is 0.0919. The molecule has 0 unspecified atom stereocenters. The second-order valence-corrected chi connectivity index (χ2v) is 4.97. The van der Waals surface area contributed by atoms with Gasteiger partial charge in [0.15, 0.2) is 0 Å². The van der Waals surface area contributed by atoms with E-state index in [4.69, 9.17) is 5.26 Å². The second kappa shape index (κ2) is 4.69. The third-order valence-electron chi connectivity index (χ3n) is 3.36. The topological polar surface area (TPSA) is 96.0 Å². The second-order valence-electron chi connectivity index (χ2n) is 4.97. The van der Waals surface area contributed by atoms with Crippen LogP contribution in [0.3, 0.4) is 0 Å². The van der Waals surface area contributed by atoms with Gasteiger partial charge in [0.1, 0.15) is 5.41 Å². The lowest BCUT2D eigenvalue weighted by atomic mass is 9.63. The Hall–Kier alpha value is -2.42. The van der Waals surface area contributed by atoms with Gasteiger partial charge in [-0.2, -0.15) is 5.26 Å². The van der Waals surface area contributed by atoms with Crippen molar-refractivity contribution < 1.29 is 9.72 Å². The van der Waals surface area contributed by atoms with Crippen LogP contribution in [-0.4, -0.2) is 10.8 Å². The summed E-state index contributed by atoms with van der Waals surface area (Å²) in [6.45, 7) is 1.98. The van der Waals surface area contributed by atoms with Crippen LogP contribution in [0.15, 0.2) is 24.3 Å². The zero-order chi connectivity index (χ0) is 14.0. The Kier molecular flexibility index (Phi) is 3.21. The fraction of sp³-hybridized carbons (Fsp3) is 0.385. The molecule has 1 amide bonds. The first kappa shape index (κ1) is 13.0. The summed E-state index contributed by atoms with van der Waals surface area (Å²) >= 11 is 0. The lowest BCUT2D eigenvalue weighted by Gasteiger charge is -2.39. The maximum absolute atomic E-state index is 12.1. The molecule has 0 bridgehead atoms. The van der Waals surface area contributed by atoms with Crippen LogP contribution in [0, 0.1) is 32.8 Å². The van der Waals surface area contributed by atoms with Crippen molar-refractivity contribution in [2.75, 3.05) is 5.32 Å². The van der Waals surface area contributed by atoms with Gasteiger partial charge >= 0.3 is 0 Å². The number of amides is 1. The summed E-state index contributed by atoms with van der Waals surface area (Å²) < 4.78 is 0. The molecule has 6 heteroatoms. The average Bonchev–Trinajstić information content (AvgIpc) is 2.34. The number of hydrogen-bond acceptors (Lipinski definition) is 4. The highest BCUT2D eigenvalue weighted by Crippen LogP contribution is 2.45. The molecule has 0 saturated heterocycles. The Balaban J connectivity index is 2.13. The quantitative estimate of drug-likeness (QED) is 0.666. The molecule has 2 rings (SSSR count). The number of rotatable bonds is 3. The molecule has 19 heavy (non-hydrogen) atoms. The number of carbonyl (C=O) groups excluding carboxylic acids is 1. The van der Waals surface area contributed by atoms with Crippen molar-refractivity contribution in [1.29, 1.82) is 5.26 Å². The first-order valence-corrected chi connectivity index (χ1v) is 5.94. The summed E-state index contributed by atoms with van der Waals surface area (Å²) in [5, 5.41) is 22.4. The molecule has 1 N–H and O–H groups in total. The molecule has 1 aromatic rings. The standard InChI is InChI=1S/C13H13N3O3/c1-9-6-13(7-9,8-14)12(17)15-10-3-2-4-11(5-10)16(18)19/h2-5,9H,6-7H2,1H3,(H,15,17). The molecule has 1 fully saturated rings. The number of carbonyl (C=O) groups is 1. The van der Waals surface area contributed by atoms with Gasteiger partial charge in [-0.3, -0.25) is 14.9 Å². The Morgan fingerprint density at radius 2 is 2.26 bits per heavy atom. The van der Waals surface area contributed by atoms with E-state index >= 15 is 0 Å². The van der Waals surface area contributed by atoms with Gasteiger partial charge in [0.2, 0.25) is 5.91 Å². The van der Waals surface area contributed by atoms with Crippen molar-refractivity contribution in [2.24, 2.45) is 11.3 Å². The molecular formula is C13H13N3O3. The van der Waals surface area contributed by atoms with Crippen molar-refractivity contribution >= 4 is 17.3 Å². The monoisotopic (exact) mass is 259 g/mol. The summed E-state index contributed by atoms with van der Waals surface area (Å²) in [6, 6.07) is 7.75. The van der Waals surface area contributed by atoms with Gasteiger partial charge < -0.3 is 5.32 Å². The number of nitriles is 1. The van der Waals surface area contributed by atoms with E-state index in [0.717, 1.165) is 0 Å². The minimum Gasteiger partial charge on any atom is -0.324 e. The number of benzene rings is 1. The van der Waals surface area contributed by atoms with Gasteiger partial charge in [-0.05, 0) is 24.8 Å². The summed E-state index contributed by atoms with van der Waals surface area (Å²) in [5.41, 5.74) is -0.733. The minimum atomic E-state index is -0.982. The van der Waals surface area contributed by atoms with Crippen molar-refractivity contribution in [3.63, 3.8) is 0 Å². The van der Waals surface area contributed by atoms with Crippen molar-refractivity contribution in [3.05, 3.63) is 34.4 Å². The van der Waals surface area contributed by atoms with E-state index in [1.165, 1.54) is 18.2 Å². The van der Waals surface area contributed by atoms with Crippen molar-refractivity contribution in [1.82, 2.24) is 0 Å². The number of hydrogen-bond donors (Lipinski definition) is 1. The molecule has 0 spiro atoms. The largest absolute Gasteiger partial charge is 0.324 e. The maximum Gasteiger partial charge on any atom is 0.271 e. The van der Waals surface area contributed by atoms with Crippen LogP contribution in [-0.2, 0) is 4.79 Å². The molecule has 1 aliphatic rings. The highest BCUT2D eigenvalue weighted by atomic mass is 16.6. The lowest BCUT2D eigenvalue weighted by molar-refractivity contribution is -0.384. The zero-order valence-corrected chi connectivity index (χ0v) is 10.4. The molecule has 0 aliphatic heterocycles. The third-order valence-corrected chi connectivity index (χ3v) is 3.36. The summed E-state index contributed by atoms with van der Waals surface area (Å²) in [6.07, 6.45) is 1.06. The molecule has 1 aliphatic carbocycles. The lowest BCUT2D eigenvalue weighted by Crippen LogP contribution is -2.45. The SMILES string of the molecule is CC1CC(C#N)(C(=O)Nc2cccc([N+](=O)[O-])c2)C1. The van der Waals surface area contributed by atoms with Crippen LogP contribution >= 0.6 is 0 Å². The van der Waals surface area contributed by atoms with E-state index in [-0.39, 0.29) is 11.6 Å². The molecule has 0 radical (unpaired) electrons. The van der Waals surface area contributed by atoms with Gasteiger partial charge in [-0.15, -0.1) is 0 Å². The number of nitro benzene ring substituents is 1. The van der Waals surface area contributed by atoms with Crippen LogP contribution in [0.4, 0.5) is 11.4 Å². The van der Waals surface area contributed by atoms with Gasteiger partial charge in [0, 0.05) is 17.8 Å². The van der Waals surface area contributed by atoms with E-state index in [0.29, 0.717) is 24.4 Å². The Labute approximate surface area is 110 Å². The number of anilines is 1. The molecule has 1 aromatic carbocycles. The van der Waals surface area contributed by atoms with Crippen LogP contribution in [0.5, 0.6) is 0 Å².